The van der Waals surface area contributed by atoms with Crippen molar-refractivity contribution in [1.82, 2.24) is 20.2 Å². The lowest BCUT2D eigenvalue weighted by Crippen LogP contribution is -2.02. The minimum atomic E-state index is 0.815. The first-order valence-electron chi connectivity index (χ1n) is 7.18. The molecule has 1 aromatic heterocycles. The Bertz CT molecular complexity index is 795. The SMILES string of the molecule is Cc1cccc(CSc2nnnn2-c2cccc(C)c2C)c1. The van der Waals surface area contributed by atoms with Crippen molar-refractivity contribution in [1.29, 1.82) is 0 Å². The number of thioether (sulfide) groups is 1. The van der Waals surface area contributed by atoms with E-state index in [2.05, 4.69) is 72.7 Å². The average molecular weight is 310 g/mol. The van der Waals surface area contributed by atoms with Crippen LogP contribution in [-0.2, 0) is 5.75 Å². The monoisotopic (exact) mass is 310 g/mol. The quantitative estimate of drug-likeness (QED) is 0.686. The molecule has 0 N–H and O–H groups in total. The molecule has 0 saturated carbocycles. The Kier molecular flexibility index (Phi) is 4.24. The zero-order valence-corrected chi connectivity index (χ0v) is 13.8. The summed E-state index contributed by atoms with van der Waals surface area (Å²) in [6.07, 6.45) is 0. The van der Waals surface area contributed by atoms with Gasteiger partial charge in [0.2, 0.25) is 5.16 Å². The molecule has 3 aromatic rings. The van der Waals surface area contributed by atoms with Crippen LogP contribution >= 0.6 is 11.8 Å². The Balaban J connectivity index is 1.85. The van der Waals surface area contributed by atoms with E-state index in [-0.39, 0.29) is 0 Å². The second-order valence-corrected chi connectivity index (χ2v) is 6.31. The molecule has 22 heavy (non-hydrogen) atoms. The molecule has 0 saturated heterocycles. The van der Waals surface area contributed by atoms with Gasteiger partial charge in [-0.05, 0) is 54.0 Å². The van der Waals surface area contributed by atoms with Gasteiger partial charge in [0.25, 0.3) is 0 Å². The van der Waals surface area contributed by atoms with Crippen LogP contribution in [0.1, 0.15) is 22.3 Å². The number of benzene rings is 2. The van der Waals surface area contributed by atoms with E-state index >= 15 is 0 Å². The zero-order valence-electron chi connectivity index (χ0n) is 12.9. The van der Waals surface area contributed by atoms with E-state index in [1.165, 1.54) is 22.3 Å². The molecule has 0 aliphatic rings. The molecule has 0 unspecified atom stereocenters. The van der Waals surface area contributed by atoms with E-state index in [0.717, 1.165) is 16.6 Å². The van der Waals surface area contributed by atoms with Gasteiger partial charge in [-0.3, -0.25) is 0 Å². The molecule has 0 atom stereocenters. The Labute approximate surface area is 134 Å². The van der Waals surface area contributed by atoms with E-state index in [1.54, 1.807) is 11.8 Å². The normalized spacial score (nSPS) is 10.9. The minimum absolute atomic E-state index is 0.815. The van der Waals surface area contributed by atoms with Gasteiger partial charge in [-0.2, -0.15) is 4.68 Å². The number of hydrogen-bond donors (Lipinski definition) is 0. The van der Waals surface area contributed by atoms with Gasteiger partial charge in [-0.15, -0.1) is 5.10 Å². The van der Waals surface area contributed by atoms with Gasteiger partial charge in [0.1, 0.15) is 0 Å². The molecule has 0 spiro atoms. The summed E-state index contributed by atoms with van der Waals surface area (Å²) in [5.41, 5.74) is 6.03. The Hall–Kier alpha value is -2.14. The molecular weight excluding hydrogens is 292 g/mol. The number of hydrogen-bond acceptors (Lipinski definition) is 4. The first kappa shape index (κ1) is 14.8. The van der Waals surface area contributed by atoms with E-state index in [1.807, 2.05) is 10.7 Å². The largest absolute Gasteiger partial charge is 0.214 e. The van der Waals surface area contributed by atoms with Crippen molar-refractivity contribution in [2.24, 2.45) is 0 Å². The second-order valence-electron chi connectivity index (χ2n) is 5.37. The maximum atomic E-state index is 4.17. The highest BCUT2D eigenvalue weighted by atomic mass is 32.2. The van der Waals surface area contributed by atoms with E-state index in [9.17, 15) is 0 Å². The fourth-order valence-corrected chi connectivity index (χ4v) is 3.16. The molecular formula is C17H18N4S. The Morgan fingerprint density at radius 1 is 1.05 bits per heavy atom. The number of rotatable bonds is 4. The van der Waals surface area contributed by atoms with Gasteiger partial charge >= 0.3 is 0 Å². The highest BCUT2D eigenvalue weighted by Gasteiger charge is 2.12. The second kappa shape index (κ2) is 6.32. The fraction of sp³-hybridized carbons (Fsp3) is 0.235. The van der Waals surface area contributed by atoms with Crippen LogP contribution in [0, 0.1) is 20.8 Å². The predicted molar refractivity (Wildman–Crippen MR) is 89.4 cm³/mol. The average Bonchev–Trinajstić information content (AvgIpc) is 2.96. The number of aryl methyl sites for hydroxylation is 2. The molecule has 3 rings (SSSR count). The van der Waals surface area contributed by atoms with Crippen LogP contribution in [0.25, 0.3) is 5.69 Å². The van der Waals surface area contributed by atoms with Gasteiger partial charge in [0, 0.05) is 5.75 Å². The molecule has 0 radical (unpaired) electrons. The van der Waals surface area contributed by atoms with Gasteiger partial charge in [0.15, 0.2) is 0 Å². The van der Waals surface area contributed by atoms with E-state index in [4.69, 9.17) is 0 Å². The maximum absolute atomic E-state index is 4.17. The van der Waals surface area contributed by atoms with Crippen LogP contribution in [0.5, 0.6) is 0 Å². The van der Waals surface area contributed by atoms with Crippen molar-refractivity contribution in [3.63, 3.8) is 0 Å². The minimum Gasteiger partial charge on any atom is -0.187 e. The summed E-state index contributed by atoms with van der Waals surface area (Å²) < 4.78 is 1.82. The van der Waals surface area contributed by atoms with Crippen LogP contribution in [0.3, 0.4) is 0 Å². The summed E-state index contributed by atoms with van der Waals surface area (Å²) >= 11 is 1.65. The lowest BCUT2D eigenvalue weighted by molar-refractivity contribution is 0.751. The van der Waals surface area contributed by atoms with Crippen LogP contribution < -0.4 is 0 Å². The molecule has 0 amide bonds. The molecule has 4 nitrogen and oxygen atoms in total. The fourth-order valence-electron chi connectivity index (χ4n) is 2.33. The van der Waals surface area contributed by atoms with Gasteiger partial charge < -0.3 is 0 Å². The molecule has 0 bridgehead atoms. The first-order chi connectivity index (χ1) is 10.6. The predicted octanol–water partition coefficient (Wildman–Crippen LogP) is 3.88. The maximum Gasteiger partial charge on any atom is 0.214 e. The van der Waals surface area contributed by atoms with Crippen molar-refractivity contribution in [2.45, 2.75) is 31.7 Å². The van der Waals surface area contributed by atoms with Gasteiger partial charge in [-0.1, -0.05) is 53.7 Å². The third-order valence-corrected chi connectivity index (χ3v) is 4.69. The van der Waals surface area contributed by atoms with E-state index < -0.39 is 0 Å². The molecule has 112 valence electrons. The van der Waals surface area contributed by atoms with Crippen molar-refractivity contribution < 1.29 is 0 Å². The third-order valence-electron chi connectivity index (χ3n) is 3.70. The summed E-state index contributed by atoms with van der Waals surface area (Å²) in [5.74, 6) is 0.854. The Morgan fingerprint density at radius 3 is 2.68 bits per heavy atom. The summed E-state index contributed by atoms with van der Waals surface area (Å²) in [6, 6.07) is 14.7. The highest BCUT2D eigenvalue weighted by molar-refractivity contribution is 7.98. The topological polar surface area (TPSA) is 43.6 Å². The molecule has 0 aliphatic heterocycles. The number of nitrogens with zero attached hydrogens (tertiary/aromatic N) is 4. The van der Waals surface area contributed by atoms with Gasteiger partial charge in [-0.25, -0.2) is 0 Å². The number of tetrazole rings is 1. The molecule has 2 aromatic carbocycles. The van der Waals surface area contributed by atoms with Crippen LogP contribution in [-0.4, -0.2) is 20.2 Å². The van der Waals surface area contributed by atoms with Crippen LogP contribution in [0.4, 0.5) is 0 Å². The van der Waals surface area contributed by atoms with Gasteiger partial charge in [0.05, 0.1) is 5.69 Å². The lowest BCUT2D eigenvalue weighted by atomic mass is 10.1. The van der Waals surface area contributed by atoms with Crippen molar-refractivity contribution >= 4 is 11.8 Å². The first-order valence-corrected chi connectivity index (χ1v) is 8.17. The number of aromatic nitrogens is 4. The van der Waals surface area contributed by atoms with E-state index in [0.29, 0.717) is 0 Å². The third kappa shape index (κ3) is 3.04. The summed E-state index contributed by atoms with van der Waals surface area (Å²) in [7, 11) is 0. The molecule has 0 aliphatic carbocycles. The molecule has 5 heteroatoms. The van der Waals surface area contributed by atoms with Crippen LogP contribution in [0.15, 0.2) is 47.6 Å². The summed E-state index contributed by atoms with van der Waals surface area (Å²) in [4.78, 5) is 0. The summed E-state index contributed by atoms with van der Waals surface area (Å²) in [5, 5.41) is 13.0. The van der Waals surface area contributed by atoms with Crippen molar-refractivity contribution in [2.75, 3.05) is 0 Å². The zero-order chi connectivity index (χ0) is 15.5. The highest BCUT2D eigenvalue weighted by Crippen LogP contribution is 2.25. The van der Waals surface area contributed by atoms with Crippen molar-refractivity contribution in [3.05, 3.63) is 64.7 Å². The lowest BCUT2D eigenvalue weighted by Gasteiger charge is -2.09. The molecule has 1 heterocycles. The summed E-state index contributed by atoms with van der Waals surface area (Å²) in [6.45, 7) is 6.30. The Morgan fingerprint density at radius 2 is 1.86 bits per heavy atom. The van der Waals surface area contributed by atoms with Crippen LogP contribution in [0.2, 0.25) is 0 Å². The smallest absolute Gasteiger partial charge is 0.187 e. The molecule has 0 fully saturated rings. The standard InChI is InChI=1S/C17H18N4S/c1-12-6-4-8-15(10-12)11-22-17-18-19-20-21(17)16-9-5-7-13(2)14(16)3/h4-10H,11H2,1-3H3. The van der Waals surface area contributed by atoms with Crippen molar-refractivity contribution in [3.8, 4) is 5.69 Å².